The molecule has 1 heterocycles. The summed E-state index contributed by atoms with van der Waals surface area (Å²) in [5.74, 6) is 0.914. The number of aryl methyl sites for hydroxylation is 1. The van der Waals surface area contributed by atoms with Crippen LogP contribution >= 0.6 is 15.9 Å². The third-order valence-corrected chi connectivity index (χ3v) is 4.07. The number of hydrogen-bond donors (Lipinski definition) is 1. The van der Waals surface area contributed by atoms with Crippen LogP contribution in [0.2, 0.25) is 0 Å². The maximum Gasteiger partial charge on any atom is 0.126 e. The van der Waals surface area contributed by atoms with E-state index in [1.807, 2.05) is 18.2 Å². The molecule has 3 rings (SSSR count). The van der Waals surface area contributed by atoms with Gasteiger partial charge in [-0.05, 0) is 30.7 Å². The molecule has 2 nitrogen and oxygen atoms in total. The van der Waals surface area contributed by atoms with Gasteiger partial charge in [0.1, 0.15) is 11.9 Å². The highest BCUT2D eigenvalue weighted by Gasteiger charge is 2.26. The molecule has 0 bridgehead atoms. The Hall–Kier alpha value is -1.32. The van der Waals surface area contributed by atoms with Crippen LogP contribution < -0.4 is 10.5 Å². The number of benzene rings is 2. The zero-order valence-corrected chi connectivity index (χ0v) is 12.4. The van der Waals surface area contributed by atoms with Crippen LogP contribution in [0.3, 0.4) is 0 Å². The van der Waals surface area contributed by atoms with Crippen molar-refractivity contribution >= 4 is 15.9 Å². The van der Waals surface area contributed by atoms with Crippen molar-refractivity contribution in [2.75, 3.05) is 0 Å². The van der Waals surface area contributed by atoms with E-state index in [2.05, 4.69) is 47.1 Å². The standard InChI is InChI=1S/C16H16BrNO/c1-10-2-7-15-13(8-10)14(18)9-16(19-15)11-3-5-12(17)6-4-11/h2-8,14,16H,9,18H2,1H3. The number of rotatable bonds is 1. The van der Waals surface area contributed by atoms with Gasteiger partial charge in [-0.3, -0.25) is 0 Å². The first-order valence-corrected chi connectivity index (χ1v) is 7.21. The van der Waals surface area contributed by atoms with E-state index in [4.69, 9.17) is 10.5 Å². The molecule has 0 saturated heterocycles. The molecule has 2 atom stereocenters. The Morgan fingerprint density at radius 2 is 1.89 bits per heavy atom. The third-order valence-electron chi connectivity index (χ3n) is 3.54. The van der Waals surface area contributed by atoms with E-state index in [0.29, 0.717) is 0 Å². The summed E-state index contributed by atoms with van der Waals surface area (Å²) in [5, 5.41) is 0. The number of ether oxygens (including phenoxy) is 1. The van der Waals surface area contributed by atoms with Gasteiger partial charge < -0.3 is 10.5 Å². The minimum Gasteiger partial charge on any atom is -0.485 e. The molecule has 2 N–H and O–H groups in total. The Morgan fingerprint density at radius 1 is 1.16 bits per heavy atom. The number of halogens is 1. The summed E-state index contributed by atoms with van der Waals surface area (Å²) in [7, 11) is 0. The van der Waals surface area contributed by atoms with Gasteiger partial charge in [0, 0.05) is 22.5 Å². The Bertz CT molecular complexity index is 594. The van der Waals surface area contributed by atoms with Gasteiger partial charge >= 0.3 is 0 Å². The molecule has 2 aromatic rings. The van der Waals surface area contributed by atoms with Gasteiger partial charge in [-0.1, -0.05) is 45.8 Å². The Labute approximate surface area is 121 Å². The summed E-state index contributed by atoms with van der Waals surface area (Å²) < 4.78 is 7.16. The van der Waals surface area contributed by atoms with E-state index >= 15 is 0 Å². The molecule has 1 aliphatic heterocycles. The summed E-state index contributed by atoms with van der Waals surface area (Å²) in [6.45, 7) is 2.08. The van der Waals surface area contributed by atoms with Crippen molar-refractivity contribution in [3.8, 4) is 5.75 Å². The Morgan fingerprint density at radius 3 is 2.63 bits per heavy atom. The molecule has 0 fully saturated rings. The molecular weight excluding hydrogens is 302 g/mol. The summed E-state index contributed by atoms with van der Waals surface area (Å²) in [5.41, 5.74) is 9.80. The van der Waals surface area contributed by atoms with Crippen molar-refractivity contribution in [3.05, 3.63) is 63.6 Å². The lowest BCUT2D eigenvalue weighted by molar-refractivity contribution is 0.161. The second-order valence-electron chi connectivity index (χ2n) is 5.04. The first-order chi connectivity index (χ1) is 9.13. The molecule has 0 aromatic heterocycles. The lowest BCUT2D eigenvalue weighted by Crippen LogP contribution is -2.24. The predicted molar refractivity (Wildman–Crippen MR) is 80.2 cm³/mol. The average molecular weight is 318 g/mol. The van der Waals surface area contributed by atoms with E-state index in [-0.39, 0.29) is 12.1 Å². The summed E-state index contributed by atoms with van der Waals surface area (Å²) >= 11 is 3.45. The zero-order valence-electron chi connectivity index (χ0n) is 10.8. The van der Waals surface area contributed by atoms with Crippen LogP contribution in [0.1, 0.15) is 35.3 Å². The predicted octanol–water partition coefficient (Wildman–Crippen LogP) is 4.28. The number of hydrogen-bond acceptors (Lipinski definition) is 2. The highest BCUT2D eigenvalue weighted by Crippen LogP contribution is 2.40. The Balaban J connectivity index is 1.92. The maximum atomic E-state index is 6.28. The second kappa shape index (κ2) is 4.99. The molecule has 0 amide bonds. The van der Waals surface area contributed by atoms with Crippen molar-refractivity contribution in [1.82, 2.24) is 0 Å². The van der Waals surface area contributed by atoms with Gasteiger partial charge in [-0.15, -0.1) is 0 Å². The summed E-state index contributed by atoms with van der Waals surface area (Å²) in [6.07, 6.45) is 0.858. The normalized spacial score (nSPS) is 21.6. The molecule has 2 unspecified atom stereocenters. The van der Waals surface area contributed by atoms with Gasteiger partial charge in [-0.2, -0.15) is 0 Å². The van der Waals surface area contributed by atoms with Crippen LogP contribution in [0.4, 0.5) is 0 Å². The summed E-state index contributed by atoms with van der Waals surface area (Å²) in [6, 6.07) is 14.5. The monoisotopic (exact) mass is 317 g/mol. The summed E-state index contributed by atoms with van der Waals surface area (Å²) in [4.78, 5) is 0. The molecule has 1 aliphatic rings. The average Bonchev–Trinajstić information content (AvgIpc) is 2.40. The van der Waals surface area contributed by atoms with E-state index in [1.165, 1.54) is 11.1 Å². The van der Waals surface area contributed by atoms with Crippen molar-refractivity contribution in [2.24, 2.45) is 5.73 Å². The Kier molecular flexibility index (Phi) is 3.33. The lowest BCUT2D eigenvalue weighted by Gasteiger charge is -2.31. The van der Waals surface area contributed by atoms with Crippen LogP contribution in [0.15, 0.2) is 46.9 Å². The largest absolute Gasteiger partial charge is 0.485 e. The fourth-order valence-electron chi connectivity index (χ4n) is 2.51. The highest BCUT2D eigenvalue weighted by atomic mass is 79.9. The van der Waals surface area contributed by atoms with Crippen LogP contribution in [-0.2, 0) is 0 Å². The molecule has 19 heavy (non-hydrogen) atoms. The van der Waals surface area contributed by atoms with E-state index in [0.717, 1.165) is 22.2 Å². The van der Waals surface area contributed by atoms with Crippen molar-refractivity contribution in [3.63, 3.8) is 0 Å². The van der Waals surface area contributed by atoms with E-state index in [1.54, 1.807) is 0 Å². The fourth-order valence-corrected chi connectivity index (χ4v) is 2.77. The molecule has 0 spiro atoms. The quantitative estimate of drug-likeness (QED) is 0.852. The van der Waals surface area contributed by atoms with Gasteiger partial charge in [0.2, 0.25) is 0 Å². The van der Waals surface area contributed by atoms with Gasteiger partial charge in [0.15, 0.2) is 0 Å². The van der Waals surface area contributed by atoms with Crippen LogP contribution in [0, 0.1) is 6.92 Å². The minimum absolute atomic E-state index is 0.0392. The minimum atomic E-state index is 0.0392. The number of fused-ring (bicyclic) bond motifs is 1. The number of nitrogens with two attached hydrogens (primary N) is 1. The van der Waals surface area contributed by atoms with E-state index in [9.17, 15) is 0 Å². The lowest BCUT2D eigenvalue weighted by atomic mass is 9.93. The van der Waals surface area contributed by atoms with Crippen LogP contribution in [0.25, 0.3) is 0 Å². The first kappa shape index (κ1) is 12.7. The molecule has 3 heteroatoms. The van der Waals surface area contributed by atoms with Crippen LogP contribution in [0.5, 0.6) is 5.75 Å². The second-order valence-corrected chi connectivity index (χ2v) is 5.96. The molecule has 0 radical (unpaired) electrons. The SMILES string of the molecule is Cc1ccc2c(c1)C(N)CC(c1ccc(Br)cc1)O2. The molecule has 0 saturated carbocycles. The highest BCUT2D eigenvalue weighted by molar-refractivity contribution is 9.10. The van der Waals surface area contributed by atoms with Crippen LogP contribution in [-0.4, -0.2) is 0 Å². The molecule has 0 aliphatic carbocycles. The molecule has 2 aromatic carbocycles. The van der Waals surface area contributed by atoms with Crippen molar-refractivity contribution in [1.29, 1.82) is 0 Å². The topological polar surface area (TPSA) is 35.2 Å². The molecule has 98 valence electrons. The zero-order chi connectivity index (χ0) is 13.4. The maximum absolute atomic E-state index is 6.28. The molecular formula is C16H16BrNO. The smallest absolute Gasteiger partial charge is 0.126 e. The van der Waals surface area contributed by atoms with E-state index < -0.39 is 0 Å². The first-order valence-electron chi connectivity index (χ1n) is 6.42. The third kappa shape index (κ3) is 2.53. The van der Waals surface area contributed by atoms with Gasteiger partial charge in [-0.25, -0.2) is 0 Å². The fraction of sp³-hybridized carbons (Fsp3) is 0.250. The van der Waals surface area contributed by atoms with Gasteiger partial charge in [0.25, 0.3) is 0 Å². The van der Waals surface area contributed by atoms with Crippen molar-refractivity contribution < 1.29 is 4.74 Å². The van der Waals surface area contributed by atoms with Crippen molar-refractivity contribution in [2.45, 2.75) is 25.5 Å². The van der Waals surface area contributed by atoms with Gasteiger partial charge in [0.05, 0.1) is 0 Å².